The van der Waals surface area contributed by atoms with E-state index in [1.54, 1.807) is 18.2 Å². The molecule has 134 valence electrons. The zero-order valence-corrected chi connectivity index (χ0v) is 16.2. The van der Waals surface area contributed by atoms with Crippen molar-refractivity contribution in [2.24, 2.45) is 0 Å². The normalized spacial score (nSPS) is 10.7. The summed E-state index contributed by atoms with van der Waals surface area (Å²) in [4.78, 5) is 12.3. The monoisotopic (exact) mass is 415 g/mol. The first-order valence-corrected chi connectivity index (χ1v) is 8.44. The highest BCUT2D eigenvalue weighted by Crippen LogP contribution is 2.29. The van der Waals surface area contributed by atoms with Gasteiger partial charge in [-0.2, -0.15) is 5.26 Å². The minimum atomic E-state index is -0.527. The molecule has 0 bridgehead atoms. The lowest BCUT2D eigenvalue weighted by Crippen LogP contribution is -2.14. The molecule has 0 aromatic heterocycles. The van der Waals surface area contributed by atoms with Crippen LogP contribution in [0.3, 0.4) is 0 Å². The van der Waals surface area contributed by atoms with Gasteiger partial charge in [-0.15, -0.1) is 0 Å². The SMILES string of the molecule is COc1ccc(NC(=O)/C(C#N)=C\Nc2ccc(Br)c(C)c2)cc1OC. The van der Waals surface area contributed by atoms with Crippen molar-refractivity contribution in [2.75, 3.05) is 24.9 Å². The number of nitrogens with one attached hydrogen (secondary N) is 2. The number of halogens is 1. The van der Waals surface area contributed by atoms with E-state index >= 15 is 0 Å². The van der Waals surface area contributed by atoms with E-state index < -0.39 is 5.91 Å². The second-order valence-corrected chi connectivity index (χ2v) is 6.16. The van der Waals surface area contributed by atoms with Gasteiger partial charge in [0.2, 0.25) is 0 Å². The van der Waals surface area contributed by atoms with Crippen molar-refractivity contribution < 1.29 is 14.3 Å². The number of aryl methyl sites for hydroxylation is 1. The fraction of sp³-hybridized carbons (Fsp3) is 0.158. The summed E-state index contributed by atoms with van der Waals surface area (Å²) in [7, 11) is 3.04. The minimum absolute atomic E-state index is 0.0552. The number of hydrogen-bond acceptors (Lipinski definition) is 5. The molecule has 26 heavy (non-hydrogen) atoms. The van der Waals surface area contributed by atoms with Crippen LogP contribution in [0.2, 0.25) is 0 Å². The molecule has 0 heterocycles. The molecule has 0 unspecified atom stereocenters. The quantitative estimate of drug-likeness (QED) is 0.544. The Morgan fingerprint density at radius 2 is 1.81 bits per heavy atom. The molecular weight excluding hydrogens is 398 g/mol. The summed E-state index contributed by atoms with van der Waals surface area (Å²) in [6, 6.07) is 12.5. The molecule has 0 radical (unpaired) electrons. The third kappa shape index (κ3) is 4.77. The third-order valence-corrected chi connectivity index (χ3v) is 4.44. The molecule has 0 saturated heterocycles. The van der Waals surface area contributed by atoms with Crippen molar-refractivity contribution in [1.29, 1.82) is 5.26 Å². The average Bonchev–Trinajstić information content (AvgIpc) is 2.64. The van der Waals surface area contributed by atoms with Crippen molar-refractivity contribution in [3.8, 4) is 17.6 Å². The van der Waals surface area contributed by atoms with Gasteiger partial charge in [-0.25, -0.2) is 0 Å². The smallest absolute Gasteiger partial charge is 0.267 e. The van der Waals surface area contributed by atoms with E-state index in [9.17, 15) is 10.1 Å². The first-order chi connectivity index (χ1) is 12.5. The average molecular weight is 416 g/mol. The summed E-state index contributed by atoms with van der Waals surface area (Å²) >= 11 is 3.43. The number of anilines is 2. The number of methoxy groups -OCH3 is 2. The van der Waals surface area contributed by atoms with E-state index in [0.29, 0.717) is 17.2 Å². The number of amides is 1. The summed E-state index contributed by atoms with van der Waals surface area (Å²) in [5.41, 5.74) is 2.25. The molecule has 0 atom stereocenters. The lowest BCUT2D eigenvalue weighted by Gasteiger charge is -2.10. The Kier molecular flexibility index (Phi) is 6.64. The van der Waals surface area contributed by atoms with Gasteiger partial charge in [-0.05, 0) is 42.8 Å². The molecular formula is C19H18BrN3O3. The zero-order chi connectivity index (χ0) is 19.1. The molecule has 0 aliphatic rings. The van der Waals surface area contributed by atoms with Crippen LogP contribution in [0, 0.1) is 18.3 Å². The number of carbonyl (C=O) groups is 1. The fourth-order valence-corrected chi connectivity index (χ4v) is 2.40. The van der Waals surface area contributed by atoms with E-state index in [1.165, 1.54) is 20.4 Å². The van der Waals surface area contributed by atoms with Crippen LogP contribution in [-0.2, 0) is 4.79 Å². The molecule has 0 saturated carbocycles. The third-order valence-electron chi connectivity index (χ3n) is 3.55. The molecule has 0 aliphatic heterocycles. The summed E-state index contributed by atoms with van der Waals surface area (Å²) in [5, 5.41) is 14.9. The van der Waals surface area contributed by atoms with Crippen molar-refractivity contribution in [2.45, 2.75) is 6.92 Å². The van der Waals surface area contributed by atoms with Gasteiger partial charge in [0.1, 0.15) is 11.6 Å². The van der Waals surface area contributed by atoms with Crippen LogP contribution < -0.4 is 20.1 Å². The molecule has 2 aromatic rings. The topological polar surface area (TPSA) is 83.4 Å². The highest BCUT2D eigenvalue weighted by Gasteiger charge is 2.11. The molecule has 0 aliphatic carbocycles. The minimum Gasteiger partial charge on any atom is -0.493 e. The van der Waals surface area contributed by atoms with Crippen LogP contribution in [-0.4, -0.2) is 20.1 Å². The van der Waals surface area contributed by atoms with Gasteiger partial charge in [0.05, 0.1) is 14.2 Å². The Balaban J connectivity index is 2.13. The molecule has 2 rings (SSSR count). The Hall–Kier alpha value is -2.98. The first kappa shape index (κ1) is 19.3. The number of nitriles is 1. The van der Waals surface area contributed by atoms with Crippen molar-refractivity contribution in [3.63, 3.8) is 0 Å². The summed E-state index contributed by atoms with van der Waals surface area (Å²) in [6.45, 7) is 1.95. The number of rotatable bonds is 6. The zero-order valence-electron chi connectivity index (χ0n) is 14.6. The second-order valence-electron chi connectivity index (χ2n) is 5.30. The number of ether oxygens (including phenoxy) is 2. The molecule has 0 fully saturated rings. The summed E-state index contributed by atoms with van der Waals surface area (Å²) in [5.74, 6) is 0.506. The van der Waals surface area contributed by atoms with Gasteiger partial charge in [0, 0.05) is 28.1 Å². The second kappa shape index (κ2) is 8.92. The maximum atomic E-state index is 12.3. The van der Waals surface area contributed by atoms with Crippen molar-refractivity contribution in [1.82, 2.24) is 0 Å². The first-order valence-electron chi connectivity index (χ1n) is 7.64. The predicted molar refractivity (Wildman–Crippen MR) is 104 cm³/mol. The Morgan fingerprint density at radius 1 is 1.12 bits per heavy atom. The predicted octanol–water partition coefficient (Wildman–Crippen LogP) is 4.23. The molecule has 2 aromatic carbocycles. The van der Waals surface area contributed by atoms with Gasteiger partial charge < -0.3 is 20.1 Å². The molecule has 2 N–H and O–H groups in total. The highest BCUT2D eigenvalue weighted by molar-refractivity contribution is 9.10. The van der Waals surface area contributed by atoms with Crippen LogP contribution in [0.25, 0.3) is 0 Å². The van der Waals surface area contributed by atoms with Crippen LogP contribution in [0.5, 0.6) is 11.5 Å². The number of carbonyl (C=O) groups excluding carboxylic acids is 1. The van der Waals surface area contributed by atoms with Gasteiger partial charge in [-0.3, -0.25) is 4.79 Å². The van der Waals surface area contributed by atoms with Crippen LogP contribution in [0.1, 0.15) is 5.56 Å². The maximum absolute atomic E-state index is 12.3. The number of nitrogens with zero attached hydrogens (tertiary/aromatic N) is 1. The Morgan fingerprint density at radius 3 is 2.42 bits per heavy atom. The van der Waals surface area contributed by atoms with Gasteiger partial charge in [-0.1, -0.05) is 15.9 Å². The van der Waals surface area contributed by atoms with E-state index in [-0.39, 0.29) is 5.57 Å². The fourth-order valence-electron chi connectivity index (χ4n) is 2.15. The summed E-state index contributed by atoms with van der Waals surface area (Å²) in [6.07, 6.45) is 1.37. The van der Waals surface area contributed by atoms with E-state index in [1.807, 2.05) is 31.2 Å². The van der Waals surface area contributed by atoms with E-state index in [2.05, 4.69) is 26.6 Å². The van der Waals surface area contributed by atoms with Crippen LogP contribution >= 0.6 is 15.9 Å². The maximum Gasteiger partial charge on any atom is 0.267 e. The largest absolute Gasteiger partial charge is 0.493 e. The van der Waals surface area contributed by atoms with Gasteiger partial charge >= 0.3 is 0 Å². The number of hydrogen-bond donors (Lipinski definition) is 2. The van der Waals surface area contributed by atoms with Crippen LogP contribution in [0.4, 0.5) is 11.4 Å². The van der Waals surface area contributed by atoms with E-state index in [4.69, 9.17) is 9.47 Å². The van der Waals surface area contributed by atoms with Gasteiger partial charge in [0.15, 0.2) is 11.5 Å². The summed E-state index contributed by atoms with van der Waals surface area (Å²) < 4.78 is 11.3. The standard InChI is InChI=1S/C19H18BrN3O3/c1-12-8-14(4-6-16(12)20)22-11-13(10-21)19(24)23-15-5-7-17(25-2)18(9-15)26-3/h4-9,11,22H,1-3H3,(H,23,24)/b13-11-. The lowest BCUT2D eigenvalue weighted by atomic mass is 10.2. The molecule has 6 nitrogen and oxygen atoms in total. The van der Waals surface area contributed by atoms with Crippen LogP contribution in [0.15, 0.2) is 52.6 Å². The Bertz CT molecular complexity index is 888. The van der Waals surface area contributed by atoms with E-state index in [0.717, 1.165) is 15.7 Å². The number of benzene rings is 2. The molecule has 7 heteroatoms. The lowest BCUT2D eigenvalue weighted by molar-refractivity contribution is -0.112. The van der Waals surface area contributed by atoms with Gasteiger partial charge in [0.25, 0.3) is 5.91 Å². The molecule has 1 amide bonds. The highest BCUT2D eigenvalue weighted by atomic mass is 79.9. The van der Waals surface area contributed by atoms with Crippen molar-refractivity contribution >= 4 is 33.2 Å². The van der Waals surface area contributed by atoms with Crippen molar-refractivity contribution in [3.05, 3.63) is 58.2 Å². The Labute approximate surface area is 160 Å². The molecule has 0 spiro atoms.